The van der Waals surface area contributed by atoms with Crippen LogP contribution in [0.2, 0.25) is 18.1 Å². The van der Waals surface area contributed by atoms with Crippen LogP contribution < -0.4 is 0 Å². The van der Waals surface area contributed by atoms with E-state index in [2.05, 4.69) is 33.9 Å². The summed E-state index contributed by atoms with van der Waals surface area (Å²) in [4.78, 5) is 0. The lowest BCUT2D eigenvalue weighted by atomic mass is 10.2. The number of hydrogen-bond donors (Lipinski definition) is 1. The third-order valence-corrected chi connectivity index (χ3v) is 7.78. The normalized spacial score (nSPS) is 28.4. The van der Waals surface area contributed by atoms with Crippen LogP contribution in [0.4, 0.5) is 0 Å². The van der Waals surface area contributed by atoms with Gasteiger partial charge in [-0.3, -0.25) is 0 Å². The van der Waals surface area contributed by atoms with E-state index in [0.717, 1.165) is 6.42 Å². The van der Waals surface area contributed by atoms with Gasteiger partial charge in [0.05, 0.1) is 12.2 Å². The third kappa shape index (κ3) is 2.68. The largest absolute Gasteiger partial charge is 0.410 e. The third-order valence-electron chi connectivity index (χ3n) is 3.27. The maximum absolute atomic E-state index is 9.35. The Morgan fingerprint density at radius 2 is 1.86 bits per heavy atom. The van der Waals surface area contributed by atoms with E-state index in [-0.39, 0.29) is 17.2 Å². The first-order valence-electron chi connectivity index (χ1n) is 5.26. The van der Waals surface area contributed by atoms with Crippen LogP contribution in [0, 0.1) is 0 Å². The molecule has 1 N–H and O–H groups in total. The van der Waals surface area contributed by atoms with Crippen molar-refractivity contribution in [1.29, 1.82) is 0 Å². The topological polar surface area (TPSA) is 29.5 Å². The number of aliphatic hydroxyl groups is 1. The van der Waals surface area contributed by atoms with Gasteiger partial charge in [-0.15, -0.1) is 0 Å². The molecule has 14 heavy (non-hydrogen) atoms. The number of rotatable bonds is 2. The van der Waals surface area contributed by atoms with Gasteiger partial charge in [0.1, 0.15) is 0 Å². The molecular weight excluding hydrogens is 192 g/mol. The standard InChI is InChI=1S/C11H22O2Si/c1-11(2,3)14(4,5)13-10-7-6-9(12)8-10/h6-7,9-10,12H,8H2,1-5H3/t9-,10-/m1/s1. The van der Waals surface area contributed by atoms with Gasteiger partial charge in [-0.1, -0.05) is 32.9 Å². The summed E-state index contributed by atoms with van der Waals surface area (Å²) in [6, 6.07) is 0. The van der Waals surface area contributed by atoms with Gasteiger partial charge in [0.15, 0.2) is 8.32 Å². The van der Waals surface area contributed by atoms with Crippen molar-refractivity contribution in [1.82, 2.24) is 0 Å². The first kappa shape index (κ1) is 11.9. The van der Waals surface area contributed by atoms with E-state index in [4.69, 9.17) is 4.43 Å². The number of hydrogen-bond acceptors (Lipinski definition) is 2. The quantitative estimate of drug-likeness (QED) is 0.566. The van der Waals surface area contributed by atoms with Crippen molar-refractivity contribution in [3.63, 3.8) is 0 Å². The molecule has 0 heterocycles. The van der Waals surface area contributed by atoms with E-state index >= 15 is 0 Å². The van der Waals surface area contributed by atoms with E-state index < -0.39 is 8.32 Å². The highest BCUT2D eigenvalue weighted by Crippen LogP contribution is 2.38. The van der Waals surface area contributed by atoms with Gasteiger partial charge < -0.3 is 9.53 Å². The van der Waals surface area contributed by atoms with Crippen molar-refractivity contribution in [2.45, 2.75) is 57.5 Å². The van der Waals surface area contributed by atoms with Crippen LogP contribution in [0.5, 0.6) is 0 Å². The van der Waals surface area contributed by atoms with Crippen molar-refractivity contribution >= 4 is 8.32 Å². The Bertz CT molecular complexity index is 228. The van der Waals surface area contributed by atoms with Crippen LogP contribution in [-0.4, -0.2) is 25.6 Å². The average Bonchev–Trinajstić information content (AvgIpc) is 2.31. The zero-order chi connectivity index (χ0) is 11.0. The molecule has 1 aliphatic rings. The lowest BCUT2D eigenvalue weighted by molar-refractivity contribution is 0.155. The minimum absolute atomic E-state index is 0.130. The van der Waals surface area contributed by atoms with E-state index in [1.807, 2.05) is 12.2 Å². The molecule has 0 aromatic carbocycles. The Morgan fingerprint density at radius 1 is 1.29 bits per heavy atom. The molecular formula is C11H22O2Si. The summed E-state index contributed by atoms with van der Waals surface area (Å²) in [6.07, 6.45) is 4.38. The van der Waals surface area contributed by atoms with Gasteiger partial charge in [0.2, 0.25) is 0 Å². The van der Waals surface area contributed by atoms with Crippen LogP contribution in [0.3, 0.4) is 0 Å². The van der Waals surface area contributed by atoms with Crippen molar-refractivity contribution in [3.05, 3.63) is 12.2 Å². The molecule has 0 unspecified atom stereocenters. The molecule has 2 atom stereocenters. The number of aliphatic hydroxyl groups excluding tert-OH is 1. The van der Waals surface area contributed by atoms with Gasteiger partial charge in [-0.2, -0.15) is 0 Å². The monoisotopic (exact) mass is 214 g/mol. The van der Waals surface area contributed by atoms with E-state index in [1.165, 1.54) is 0 Å². The van der Waals surface area contributed by atoms with Crippen LogP contribution in [0.1, 0.15) is 27.2 Å². The molecule has 0 aromatic rings. The summed E-state index contributed by atoms with van der Waals surface area (Å²) in [5, 5.41) is 9.59. The molecule has 1 rings (SSSR count). The first-order valence-corrected chi connectivity index (χ1v) is 8.17. The van der Waals surface area contributed by atoms with Crippen molar-refractivity contribution < 1.29 is 9.53 Å². The highest BCUT2D eigenvalue weighted by atomic mass is 28.4. The molecule has 0 aliphatic heterocycles. The SMILES string of the molecule is CC(C)(C)[Si](C)(C)O[C@@H]1C=C[C@@H](O)C1. The highest BCUT2D eigenvalue weighted by Gasteiger charge is 2.39. The molecule has 82 valence electrons. The summed E-state index contributed by atoms with van der Waals surface area (Å²) < 4.78 is 6.13. The maximum Gasteiger partial charge on any atom is 0.192 e. The van der Waals surface area contributed by atoms with Crippen molar-refractivity contribution in [2.24, 2.45) is 0 Å². The first-order chi connectivity index (χ1) is 6.22. The Hall–Kier alpha value is -0.123. The van der Waals surface area contributed by atoms with Gasteiger partial charge in [-0.25, -0.2) is 0 Å². The van der Waals surface area contributed by atoms with E-state index in [0.29, 0.717) is 0 Å². The fourth-order valence-corrected chi connectivity index (χ4v) is 2.58. The summed E-state index contributed by atoms with van der Waals surface area (Å²) in [5.41, 5.74) is 0. The minimum Gasteiger partial charge on any atom is -0.410 e. The average molecular weight is 214 g/mol. The second kappa shape index (κ2) is 3.80. The predicted molar refractivity (Wildman–Crippen MR) is 61.8 cm³/mol. The highest BCUT2D eigenvalue weighted by molar-refractivity contribution is 6.74. The molecule has 0 aromatic heterocycles. The van der Waals surface area contributed by atoms with Crippen LogP contribution >= 0.6 is 0 Å². The molecule has 0 saturated heterocycles. The lowest BCUT2D eigenvalue weighted by Gasteiger charge is -2.38. The Balaban J connectivity index is 2.56. The Kier molecular flexibility index (Phi) is 3.24. The van der Waals surface area contributed by atoms with Crippen LogP contribution in [0.25, 0.3) is 0 Å². The summed E-state index contributed by atoms with van der Waals surface area (Å²) in [5.74, 6) is 0. The van der Waals surface area contributed by atoms with E-state index in [1.54, 1.807) is 0 Å². The summed E-state index contributed by atoms with van der Waals surface area (Å²) in [7, 11) is -1.66. The van der Waals surface area contributed by atoms with E-state index in [9.17, 15) is 5.11 Å². The zero-order valence-corrected chi connectivity index (χ0v) is 10.9. The Morgan fingerprint density at radius 3 is 2.21 bits per heavy atom. The molecule has 0 fully saturated rings. The van der Waals surface area contributed by atoms with Gasteiger partial charge >= 0.3 is 0 Å². The predicted octanol–water partition coefficient (Wildman–Crippen LogP) is 2.70. The van der Waals surface area contributed by atoms with Crippen molar-refractivity contribution in [2.75, 3.05) is 0 Å². The molecule has 2 nitrogen and oxygen atoms in total. The molecule has 0 spiro atoms. The van der Waals surface area contributed by atoms with Gasteiger partial charge in [-0.05, 0) is 18.1 Å². The molecule has 0 radical (unpaired) electrons. The smallest absolute Gasteiger partial charge is 0.192 e. The van der Waals surface area contributed by atoms with Gasteiger partial charge in [0, 0.05) is 6.42 Å². The molecule has 0 amide bonds. The van der Waals surface area contributed by atoms with Gasteiger partial charge in [0.25, 0.3) is 0 Å². The fraction of sp³-hybridized carbons (Fsp3) is 0.818. The second-order valence-corrected chi connectivity index (χ2v) is 10.4. The fourth-order valence-electron chi connectivity index (χ4n) is 1.29. The van der Waals surface area contributed by atoms with Crippen LogP contribution in [0.15, 0.2) is 12.2 Å². The second-order valence-electron chi connectivity index (χ2n) is 5.60. The van der Waals surface area contributed by atoms with Crippen LogP contribution in [-0.2, 0) is 4.43 Å². The lowest BCUT2D eigenvalue weighted by Crippen LogP contribution is -2.43. The Labute approximate surface area is 88.1 Å². The molecule has 3 heteroatoms. The zero-order valence-electron chi connectivity index (χ0n) is 9.87. The molecule has 0 bridgehead atoms. The molecule has 0 saturated carbocycles. The summed E-state index contributed by atoms with van der Waals surface area (Å²) >= 11 is 0. The minimum atomic E-state index is -1.66. The maximum atomic E-state index is 9.35. The molecule has 1 aliphatic carbocycles. The summed E-state index contributed by atoms with van der Waals surface area (Å²) in [6.45, 7) is 11.2. The van der Waals surface area contributed by atoms with Crippen molar-refractivity contribution in [3.8, 4) is 0 Å².